The smallest absolute Gasteiger partial charge is 0.236 e. The lowest BCUT2D eigenvalue weighted by Gasteiger charge is -2.29. The Bertz CT molecular complexity index is 555. The molecule has 0 aliphatic carbocycles. The summed E-state index contributed by atoms with van der Waals surface area (Å²) < 4.78 is 25.9. The van der Waals surface area contributed by atoms with E-state index >= 15 is 0 Å². The number of aliphatic hydroxyl groups is 1. The average molecular weight is 295 g/mol. The van der Waals surface area contributed by atoms with Crippen molar-refractivity contribution >= 4 is 16.1 Å². The Labute approximate surface area is 120 Å². The number of hydrogen-bond acceptors (Lipinski definition) is 3. The molecule has 0 aromatic heterocycles. The monoisotopic (exact) mass is 295 g/mol. The van der Waals surface area contributed by atoms with Crippen LogP contribution in [-0.4, -0.2) is 37.5 Å². The lowest BCUT2D eigenvalue weighted by Crippen LogP contribution is -2.38. The zero-order valence-electron chi connectivity index (χ0n) is 11.7. The van der Waals surface area contributed by atoms with Crippen molar-refractivity contribution in [3.63, 3.8) is 0 Å². The van der Waals surface area contributed by atoms with Crippen molar-refractivity contribution in [3.05, 3.63) is 40.8 Å². The molecule has 1 aromatic carbocycles. The third kappa shape index (κ3) is 3.91. The second-order valence-electron chi connectivity index (χ2n) is 5.28. The van der Waals surface area contributed by atoms with Crippen molar-refractivity contribution in [1.29, 1.82) is 0 Å². The molecular weight excluding hydrogens is 274 g/mol. The van der Waals surface area contributed by atoms with Crippen molar-refractivity contribution < 1.29 is 13.5 Å². The first-order valence-electron chi connectivity index (χ1n) is 6.87. The second-order valence-corrected chi connectivity index (χ2v) is 7.10. The van der Waals surface area contributed by atoms with Gasteiger partial charge >= 0.3 is 0 Å². The summed E-state index contributed by atoms with van der Waals surface area (Å²) in [5.41, 5.74) is 2.03. The van der Waals surface area contributed by atoms with E-state index in [1.807, 2.05) is 31.2 Å². The van der Waals surface area contributed by atoms with Gasteiger partial charge in [0.2, 0.25) is 10.0 Å². The number of sulfonamides is 1. The van der Waals surface area contributed by atoms with E-state index in [4.69, 9.17) is 5.11 Å². The van der Waals surface area contributed by atoms with E-state index in [1.54, 1.807) is 6.08 Å². The van der Waals surface area contributed by atoms with E-state index in [0.717, 1.165) is 24.0 Å². The van der Waals surface area contributed by atoms with Crippen LogP contribution in [0.5, 0.6) is 0 Å². The Morgan fingerprint density at radius 1 is 1.25 bits per heavy atom. The maximum atomic E-state index is 12.2. The summed E-state index contributed by atoms with van der Waals surface area (Å²) in [5.74, 6) is 0.238. The van der Waals surface area contributed by atoms with Crippen LogP contribution in [0.15, 0.2) is 29.7 Å². The lowest BCUT2D eigenvalue weighted by atomic mass is 10.00. The van der Waals surface area contributed by atoms with Crippen molar-refractivity contribution in [2.75, 3.05) is 19.7 Å². The van der Waals surface area contributed by atoms with Crippen LogP contribution >= 0.6 is 0 Å². The molecule has 1 N–H and O–H groups in total. The highest BCUT2D eigenvalue weighted by Crippen LogP contribution is 2.20. The molecule has 4 nitrogen and oxygen atoms in total. The summed E-state index contributed by atoms with van der Waals surface area (Å²) in [6, 6.07) is 7.72. The molecule has 110 valence electrons. The Hall–Kier alpha value is -1.17. The van der Waals surface area contributed by atoms with Gasteiger partial charge in [-0.2, -0.15) is 4.31 Å². The summed E-state index contributed by atoms with van der Waals surface area (Å²) in [6.07, 6.45) is 3.09. The van der Waals surface area contributed by atoms with Gasteiger partial charge in [0.05, 0.1) is 0 Å². The highest BCUT2D eigenvalue weighted by molar-refractivity contribution is 7.92. The van der Waals surface area contributed by atoms with E-state index in [2.05, 4.69) is 0 Å². The molecule has 1 aromatic rings. The minimum Gasteiger partial charge on any atom is -0.396 e. The fourth-order valence-electron chi connectivity index (χ4n) is 2.27. The molecule has 1 saturated heterocycles. The van der Waals surface area contributed by atoms with Crippen LogP contribution in [0.2, 0.25) is 0 Å². The summed E-state index contributed by atoms with van der Waals surface area (Å²) in [6.45, 7) is 3.13. The van der Waals surface area contributed by atoms with E-state index in [1.165, 1.54) is 9.71 Å². The lowest BCUT2D eigenvalue weighted by molar-refractivity contribution is 0.170. The first-order valence-corrected chi connectivity index (χ1v) is 8.37. The van der Waals surface area contributed by atoms with E-state index in [0.29, 0.717) is 13.1 Å². The molecule has 0 radical (unpaired) electrons. The zero-order chi connectivity index (χ0) is 14.6. The van der Waals surface area contributed by atoms with Crippen LogP contribution in [0, 0.1) is 12.8 Å². The minimum atomic E-state index is -3.35. The Balaban J connectivity index is 2.02. The quantitative estimate of drug-likeness (QED) is 0.924. The molecular formula is C15H21NO3S. The molecule has 0 unspecified atom stereocenters. The molecule has 0 spiro atoms. The van der Waals surface area contributed by atoms with Crippen LogP contribution in [-0.2, 0) is 10.0 Å². The fourth-order valence-corrected chi connectivity index (χ4v) is 3.50. The van der Waals surface area contributed by atoms with Gasteiger partial charge in [-0.25, -0.2) is 8.42 Å². The number of rotatable bonds is 4. The van der Waals surface area contributed by atoms with Crippen LogP contribution in [0.25, 0.3) is 6.08 Å². The fraction of sp³-hybridized carbons (Fsp3) is 0.467. The molecule has 5 heteroatoms. The Kier molecular flexibility index (Phi) is 4.96. The third-order valence-corrected chi connectivity index (χ3v) is 5.27. The van der Waals surface area contributed by atoms with Crippen molar-refractivity contribution in [2.45, 2.75) is 19.8 Å². The van der Waals surface area contributed by atoms with Crippen molar-refractivity contribution in [1.82, 2.24) is 4.31 Å². The Morgan fingerprint density at radius 2 is 1.85 bits per heavy atom. The van der Waals surface area contributed by atoms with Gasteiger partial charge in [0.25, 0.3) is 0 Å². The maximum Gasteiger partial charge on any atom is 0.236 e. The van der Waals surface area contributed by atoms with Gasteiger partial charge in [0, 0.05) is 25.1 Å². The molecule has 0 saturated carbocycles. The molecule has 1 fully saturated rings. The van der Waals surface area contributed by atoms with Gasteiger partial charge < -0.3 is 5.11 Å². The second kappa shape index (κ2) is 6.52. The van der Waals surface area contributed by atoms with Crippen molar-refractivity contribution in [3.8, 4) is 0 Å². The van der Waals surface area contributed by atoms with Gasteiger partial charge in [-0.15, -0.1) is 0 Å². The number of hydrogen-bond donors (Lipinski definition) is 1. The maximum absolute atomic E-state index is 12.2. The van der Waals surface area contributed by atoms with Crippen LogP contribution in [0.4, 0.5) is 0 Å². The summed E-state index contributed by atoms with van der Waals surface area (Å²) >= 11 is 0. The average Bonchev–Trinajstić information content (AvgIpc) is 2.47. The highest BCUT2D eigenvalue weighted by atomic mass is 32.2. The van der Waals surface area contributed by atoms with Gasteiger partial charge in [-0.05, 0) is 37.3 Å². The number of piperidine rings is 1. The molecule has 2 rings (SSSR count). The van der Waals surface area contributed by atoms with E-state index in [9.17, 15) is 8.42 Å². The van der Waals surface area contributed by atoms with Gasteiger partial charge in [-0.1, -0.05) is 29.8 Å². The third-order valence-electron chi connectivity index (χ3n) is 3.70. The molecule has 0 amide bonds. The molecule has 1 aliphatic heterocycles. The first-order chi connectivity index (χ1) is 9.51. The van der Waals surface area contributed by atoms with Gasteiger partial charge in [0.1, 0.15) is 0 Å². The van der Waals surface area contributed by atoms with Gasteiger partial charge in [0.15, 0.2) is 0 Å². The standard InChI is InChI=1S/C15H21NO3S/c1-13-2-4-14(5-3-13)8-11-20(18,19)16-9-6-15(12-17)7-10-16/h2-5,8,11,15,17H,6-7,9-10,12H2,1H3/b11-8+. The predicted molar refractivity (Wildman–Crippen MR) is 80.5 cm³/mol. The first kappa shape index (κ1) is 15.2. The molecule has 0 atom stereocenters. The number of aryl methyl sites for hydroxylation is 1. The molecule has 20 heavy (non-hydrogen) atoms. The Morgan fingerprint density at radius 3 is 2.40 bits per heavy atom. The zero-order valence-corrected chi connectivity index (χ0v) is 12.5. The summed E-state index contributed by atoms with van der Waals surface area (Å²) in [4.78, 5) is 0. The minimum absolute atomic E-state index is 0.146. The summed E-state index contributed by atoms with van der Waals surface area (Å²) in [7, 11) is -3.35. The largest absolute Gasteiger partial charge is 0.396 e. The number of benzene rings is 1. The normalized spacial score (nSPS) is 18.7. The number of aliphatic hydroxyl groups excluding tert-OH is 1. The molecule has 1 heterocycles. The molecule has 0 bridgehead atoms. The van der Waals surface area contributed by atoms with Gasteiger partial charge in [-0.3, -0.25) is 0 Å². The SMILES string of the molecule is Cc1ccc(/C=C/S(=O)(=O)N2CCC(CO)CC2)cc1. The van der Waals surface area contributed by atoms with E-state index in [-0.39, 0.29) is 12.5 Å². The van der Waals surface area contributed by atoms with Crippen molar-refractivity contribution in [2.24, 2.45) is 5.92 Å². The van der Waals surface area contributed by atoms with E-state index < -0.39 is 10.0 Å². The summed E-state index contributed by atoms with van der Waals surface area (Å²) in [5, 5.41) is 10.3. The van der Waals surface area contributed by atoms with Crippen LogP contribution < -0.4 is 0 Å². The molecule has 1 aliphatic rings. The number of nitrogens with zero attached hydrogens (tertiary/aromatic N) is 1. The highest BCUT2D eigenvalue weighted by Gasteiger charge is 2.25. The topological polar surface area (TPSA) is 57.6 Å². The predicted octanol–water partition coefficient (Wildman–Crippen LogP) is 2.00. The van der Waals surface area contributed by atoms with Crippen LogP contribution in [0.1, 0.15) is 24.0 Å². The van der Waals surface area contributed by atoms with Crippen LogP contribution in [0.3, 0.4) is 0 Å².